The first kappa shape index (κ1) is 26.7. The van der Waals surface area contributed by atoms with E-state index in [9.17, 15) is 19.5 Å². The van der Waals surface area contributed by atoms with Crippen LogP contribution in [0.4, 0.5) is 0 Å². The number of hydrogen-bond donors (Lipinski definition) is 5. The van der Waals surface area contributed by atoms with E-state index in [-0.39, 0.29) is 44.0 Å². The largest absolute Gasteiger partial charge is 0.493 e. The number of ether oxygens (including phenoxy) is 2. The van der Waals surface area contributed by atoms with Gasteiger partial charge in [0.05, 0.1) is 19.1 Å². The number of carbonyl (C=O) groups excluding carboxylic acids is 3. The molecule has 10 nitrogen and oxygen atoms in total. The molecule has 1 heterocycles. The minimum atomic E-state index is -0.876. The molecule has 10 heteroatoms. The lowest BCUT2D eigenvalue weighted by Gasteiger charge is -2.33. The molecule has 35 heavy (non-hydrogen) atoms. The molecule has 1 aromatic rings. The van der Waals surface area contributed by atoms with Crippen LogP contribution in [0.5, 0.6) is 11.5 Å². The van der Waals surface area contributed by atoms with E-state index >= 15 is 0 Å². The Balaban J connectivity index is 1.91. The molecule has 5 N–H and O–H groups in total. The van der Waals surface area contributed by atoms with Crippen molar-refractivity contribution in [3.8, 4) is 11.5 Å². The second-order valence-corrected chi connectivity index (χ2v) is 9.34. The quantitative estimate of drug-likeness (QED) is 0.382. The second-order valence-electron chi connectivity index (χ2n) is 9.34. The van der Waals surface area contributed by atoms with Gasteiger partial charge >= 0.3 is 0 Å². The van der Waals surface area contributed by atoms with Crippen LogP contribution in [0.3, 0.4) is 0 Å². The first-order valence-corrected chi connectivity index (χ1v) is 12.4. The SMILES string of the molecule is COc1ccc2cc1OCC(=O)NCCNCCCC(=O)NCC(CC1CC1)(C(=O)NCCO)C2. The number of aliphatic hydroxyl groups excluding tert-OH is 1. The summed E-state index contributed by atoms with van der Waals surface area (Å²) < 4.78 is 11.2. The first-order chi connectivity index (χ1) is 17.0. The fraction of sp³-hybridized carbons (Fsp3) is 0.640. The molecule has 0 aromatic heterocycles. The van der Waals surface area contributed by atoms with Crippen LogP contribution >= 0.6 is 0 Å². The molecule has 0 spiro atoms. The van der Waals surface area contributed by atoms with Gasteiger partial charge in [0.1, 0.15) is 0 Å². The number of carbonyl (C=O) groups is 3. The lowest BCUT2D eigenvalue weighted by Crippen LogP contribution is -2.50. The number of hydrogen-bond acceptors (Lipinski definition) is 7. The van der Waals surface area contributed by atoms with Gasteiger partial charge in [0.2, 0.25) is 11.8 Å². The van der Waals surface area contributed by atoms with Crippen molar-refractivity contribution < 1.29 is 29.0 Å². The van der Waals surface area contributed by atoms with Crippen molar-refractivity contribution >= 4 is 17.7 Å². The van der Waals surface area contributed by atoms with E-state index in [1.165, 1.54) is 7.11 Å². The third-order valence-corrected chi connectivity index (χ3v) is 6.39. The topological polar surface area (TPSA) is 138 Å². The molecule has 1 aromatic carbocycles. The highest BCUT2D eigenvalue weighted by Gasteiger charge is 2.43. The monoisotopic (exact) mass is 490 g/mol. The molecule has 3 rings (SSSR count). The molecule has 1 fully saturated rings. The summed E-state index contributed by atoms with van der Waals surface area (Å²) in [5, 5.41) is 21.1. The standard InChI is InChI=1S/C25H38N4O6/c1-34-20-7-6-19-13-21(20)35-16-23(32)27-10-9-26-8-2-3-22(31)29-17-25(15-19,14-18-4-5-18)24(33)28-11-12-30/h6-7,13,18,26,30H,2-5,8-12,14-17H2,1H3,(H,27,32)(H,28,33)(H,29,31). The van der Waals surface area contributed by atoms with Gasteiger partial charge in [-0.1, -0.05) is 18.9 Å². The Bertz CT molecular complexity index is 876. The predicted octanol–water partition coefficient (Wildman–Crippen LogP) is 0.127. The van der Waals surface area contributed by atoms with E-state index in [0.29, 0.717) is 62.7 Å². The number of amides is 3. The van der Waals surface area contributed by atoms with Crippen molar-refractivity contribution in [2.75, 3.05) is 53.0 Å². The van der Waals surface area contributed by atoms with Crippen LogP contribution in [0.2, 0.25) is 0 Å². The maximum Gasteiger partial charge on any atom is 0.257 e. The van der Waals surface area contributed by atoms with Crippen LogP contribution in [0.25, 0.3) is 0 Å². The average Bonchev–Trinajstić information content (AvgIpc) is 3.67. The van der Waals surface area contributed by atoms with Gasteiger partial charge in [-0.15, -0.1) is 0 Å². The predicted molar refractivity (Wildman–Crippen MR) is 130 cm³/mol. The number of benzene rings is 1. The number of nitrogens with one attached hydrogen (secondary N) is 4. The van der Waals surface area contributed by atoms with Gasteiger partial charge < -0.3 is 35.8 Å². The molecular formula is C25H38N4O6. The van der Waals surface area contributed by atoms with Crippen molar-refractivity contribution in [1.82, 2.24) is 21.3 Å². The lowest BCUT2D eigenvalue weighted by atomic mass is 9.75. The van der Waals surface area contributed by atoms with E-state index in [0.717, 1.165) is 18.4 Å². The van der Waals surface area contributed by atoms with Crippen molar-refractivity contribution in [2.24, 2.45) is 11.3 Å². The van der Waals surface area contributed by atoms with Gasteiger partial charge in [-0.2, -0.15) is 0 Å². The van der Waals surface area contributed by atoms with Gasteiger partial charge in [-0.3, -0.25) is 14.4 Å². The van der Waals surface area contributed by atoms with Crippen LogP contribution in [0.15, 0.2) is 18.2 Å². The van der Waals surface area contributed by atoms with Gasteiger partial charge in [0, 0.05) is 32.6 Å². The highest BCUT2D eigenvalue weighted by molar-refractivity contribution is 5.84. The van der Waals surface area contributed by atoms with E-state index in [4.69, 9.17) is 9.47 Å². The van der Waals surface area contributed by atoms with Crippen LogP contribution in [0.1, 0.15) is 37.7 Å². The molecule has 0 radical (unpaired) electrons. The minimum Gasteiger partial charge on any atom is -0.493 e. The zero-order valence-electron chi connectivity index (χ0n) is 20.5. The van der Waals surface area contributed by atoms with E-state index < -0.39 is 5.41 Å². The van der Waals surface area contributed by atoms with Crippen molar-refractivity contribution in [2.45, 2.75) is 38.5 Å². The number of aliphatic hydroxyl groups is 1. The highest BCUT2D eigenvalue weighted by atomic mass is 16.5. The third kappa shape index (κ3) is 8.40. The molecule has 1 saturated carbocycles. The summed E-state index contributed by atoms with van der Waals surface area (Å²) in [4.78, 5) is 38.2. The molecule has 1 unspecified atom stereocenters. The summed E-state index contributed by atoms with van der Waals surface area (Å²) in [6.07, 6.45) is 4.11. The molecule has 1 atom stereocenters. The van der Waals surface area contributed by atoms with Crippen LogP contribution in [-0.2, 0) is 20.8 Å². The fourth-order valence-electron chi connectivity index (χ4n) is 4.37. The third-order valence-electron chi connectivity index (χ3n) is 6.39. The summed E-state index contributed by atoms with van der Waals surface area (Å²) in [6.45, 7) is 1.73. The number of rotatable bonds is 6. The van der Waals surface area contributed by atoms with Crippen LogP contribution < -0.4 is 30.7 Å². The summed E-state index contributed by atoms with van der Waals surface area (Å²) in [7, 11) is 1.53. The Hall–Kier alpha value is -2.85. The smallest absolute Gasteiger partial charge is 0.257 e. The van der Waals surface area contributed by atoms with Gasteiger partial charge in [-0.25, -0.2) is 0 Å². The Labute approximate surface area is 206 Å². The molecule has 2 bridgehead atoms. The van der Waals surface area contributed by atoms with Gasteiger partial charge in [0.25, 0.3) is 5.91 Å². The zero-order valence-corrected chi connectivity index (χ0v) is 20.5. The van der Waals surface area contributed by atoms with Crippen molar-refractivity contribution in [3.63, 3.8) is 0 Å². The highest BCUT2D eigenvalue weighted by Crippen LogP contribution is 2.43. The first-order valence-electron chi connectivity index (χ1n) is 12.4. The summed E-state index contributed by atoms with van der Waals surface area (Å²) in [5.41, 5.74) is -0.0422. The van der Waals surface area contributed by atoms with Crippen molar-refractivity contribution in [1.29, 1.82) is 0 Å². The number of fused-ring (bicyclic) bond motifs is 2. The zero-order chi connectivity index (χ0) is 25.1. The maximum absolute atomic E-state index is 13.4. The molecule has 2 aliphatic rings. The molecular weight excluding hydrogens is 452 g/mol. The van der Waals surface area contributed by atoms with E-state index in [1.54, 1.807) is 12.1 Å². The summed E-state index contributed by atoms with van der Waals surface area (Å²) in [5.74, 6) is 0.795. The second kappa shape index (κ2) is 13.3. The molecule has 3 amide bonds. The Morgan fingerprint density at radius 2 is 2.03 bits per heavy atom. The van der Waals surface area contributed by atoms with Gasteiger partial charge in [0.15, 0.2) is 18.1 Å². The van der Waals surface area contributed by atoms with E-state index in [2.05, 4.69) is 21.3 Å². The van der Waals surface area contributed by atoms with Gasteiger partial charge in [-0.05, 0) is 49.4 Å². The summed E-state index contributed by atoms with van der Waals surface area (Å²) >= 11 is 0. The maximum atomic E-state index is 13.4. The Morgan fingerprint density at radius 1 is 1.20 bits per heavy atom. The lowest BCUT2D eigenvalue weighted by molar-refractivity contribution is -0.132. The van der Waals surface area contributed by atoms with Crippen molar-refractivity contribution in [3.05, 3.63) is 23.8 Å². The van der Waals surface area contributed by atoms with Crippen LogP contribution in [0, 0.1) is 11.3 Å². The average molecular weight is 491 g/mol. The van der Waals surface area contributed by atoms with Crippen LogP contribution in [-0.4, -0.2) is 75.9 Å². The Morgan fingerprint density at radius 3 is 2.77 bits per heavy atom. The molecule has 194 valence electrons. The Kier molecular flexibility index (Phi) is 10.2. The summed E-state index contributed by atoms with van der Waals surface area (Å²) in [6, 6.07) is 5.43. The normalized spacial score (nSPS) is 22.6. The van der Waals surface area contributed by atoms with E-state index in [1.807, 2.05) is 6.07 Å². The molecule has 1 aliphatic heterocycles. The molecule has 1 aliphatic carbocycles. The molecule has 0 saturated heterocycles. The fourth-order valence-corrected chi connectivity index (χ4v) is 4.37. The minimum absolute atomic E-state index is 0.102. The number of methoxy groups -OCH3 is 1.